The fraction of sp³-hybridized carbons (Fsp3) is 0.273. The highest BCUT2D eigenvalue weighted by molar-refractivity contribution is 5.18. The zero-order valence-corrected chi connectivity index (χ0v) is 8.72. The van der Waals surface area contributed by atoms with Crippen molar-refractivity contribution in [2.24, 2.45) is 12.8 Å². The smallest absolute Gasteiger partial charge is 0.155 e. The lowest BCUT2D eigenvalue weighted by molar-refractivity contribution is 0.696. The Morgan fingerprint density at radius 3 is 2.60 bits per heavy atom. The highest BCUT2D eigenvalue weighted by Gasteiger charge is 2.05. The molecule has 4 nitrogen and oxygen atoms in total. The van der Waals surface area contributed by atoms with Crippen LogP contribution in [0.25, 0.3) is 0 Å². The maximum absolute atomic E-state index is 5.53. The van der Waals surface area contributed by atoms with E-state index in [0.717, 1.165) is 18.1 Å². The number of benzene rings is 1. The summed E-state index contributed by atoms with van der Waals surface area (Å²) < 4.78 is 1.73. The van der Waals surface area contributed by atoms with Crippen LogP contribution in [0.3, 0.4) is 0 Å². The van der Waals surface area contributed by atoms with Crippen molar-refractivity contribution < 1.29 is 0 Å². The molecule has 0 amide bonds. The van der Waals surface area contributed by atoms with Crippen molar-refractivity contribution in [1.29, 1.82) is 0 Å². The van der Waals surface area contributed by atoms with Crippen LogP contribution in [0.4, 0.5) is 0 Å². The van der Waals surface area contributed by atoms with Crippen molar-refractivity contribution in [3.8, 4) is 0 Å². The monoisotopic (exact) mass is 202 g/mol. The van der Waals surface area contributed by atoms with Crippen molar-refractivity contribution in [2.75, 3.05) is 0 Å². The fourth-order valence-electron chi connectivity index (χ4n) is 1.51. The van der Waals surface area contributed by atoms with Crippen molar-refractivity contribution >= 4 is 0 Å². The Balaban J connectivity index is 2.18. The number of nitrogens with two attached hydrogens (primary N) is 1. The van der Waals surface area contributed by atoms with Gasteiger partial charge in [-0.1, -0.05) is 30.3 Å². The van der Waals surface area contributed by atoms with Crippen LogP contribution in [0.2, 0.25) is 0 Å². The first kappa shape index (κ1) is 9.86. The third kappa shape index (κ3) is 2.22. The Bertz CT molecular complexity index is 433. The molecule has 0 saturated heterocycles. The second-order valence-electron chi connectivity index (χ2n) is 3.43. The second kappa shape index (κ2) is 4.23. The van der Waals surface area contributed by atoms with E-state index in [-0.39, 0.29) is 0 Å². The summed E-state index contributed by atoms with van der Waals surface area (Å²) in [7, 11) is 1.86. The highest BCUT2D eigenvalue weighted by atomic mass is 15.3. The van der Waals surface area contributed by atoms with Gasteiger partial charge in [0.15, 0.2) is 5.82 Å². The van der Waals surface area contributed by atoms with E-state index in [9.17, 15) is 0 Å². The Hall–Kier alpha value is -1.68. The van der Waals surface area contributed by atoms with E-state index < -0.39 is 0 Å². The highest BCUT2D eigenvalue weighted by Crippen LogP contribution is 2.05. The van der Waals surface area contributed by atoms with Crippen LogP contribution in [0.5, 0.6) is 0 Å². The van der Waals surface area contributed by atoms with Gasteiger partial charge in [-0.2, -0.15) is 5.10 Å². The number of hydrogen-bond donors (Lipinski definition) is 1. The van der Waals surface area contributed by atoms with Crippen molar-refractivity contribution in [1.82, 2.24) is 14.8 Å². The van der Waals surface area contributed by atoms with Gasteiger partial charge >= 0.3 is 0 Å². The lowest BCUT2D eigenvalue weighted by Crippen LogP contribution is -2.05. The molecule has 0 radical (unpaired) electrons. The van der Waals surface area contributed by atoms with Crippen LogP contribution in [-0.4, -0.2) is 14.8 Å². The molecular weight excluding hydrogens is 188 g/mol. The molecule has 78 valence electrons. The Morgan fingerprint density at radius 1 is 1.27 bits per heavy atom. The maximum atomic E-state index is 5.53. The summed E-state index contributed by atoms with van der Waals surface area (Å²) in [5, 5.41) is 4.30. The molecule has 0 spiro atoms. The van der Waals surface area contributed by atoms with E-state index in [1.807, 2.05) is 25.2 Å². The minimum absolute atomic E-state index is 0.429. The van der Waals surface area contributed by atoms with Crippen molar-refractivity contribution in [3.63, 3.8) is 0 Å². The van der Waals surface area contributed by atoms with E-state index >= 15 is 0 Å². The van der Waals surface area contributed by atoms with Crippen LogP contribution in [0, 0.1) is 0 Å². The fourth-order valence-corrected chi connectivity index (χ4v) is 1.51. The third-order valence-electron chi connectivity index (χ3n) is 2.28. The largest absolute Gasteiger partial charge is 0.324 e. The summed E-state index contributed by atoms with van der Waals surface area (Å²) in [6.07, 6.45) is 0.759. The first-order valence-corrected chi connectivity index (χ1v) is 4.92. The zero-order chi connectivity index (χ0) is 10.7. The van der Waals surface area contributed by atoms with Gasteiger partial charge < -0.3 is 5.73 Å². The third-order valence-corrected chi connectivity index (χ3v) is 2.28. The van der Waals surface area contributed by atoms with Gasteiger partial charge in [-0.3, -0.25) is 4.68 Å². The van der Waals surface area contributed by atoms with Gasteiger partial charge in [0.05, 0.1) is 6.54 Å². The molecule has 0 aliphatic carbocycles. The average molecular weight is 202 g/mol. The van der Waals surface area contributed by atoms with E-state index in [2.05, 4.69) is 22.2 Å². The molecule has 0 atom stereocenters. The molecule has 2 rings (SSSR count). The first-order valence-electron chi connectivity index (χ1n) is 4.92. The number of hydrogen-bond acceptors (Lipinski definition) is 3. The van der Waals surface area contributed by atoms with Crippen LogP contribution < -0.4 is 5.73 Å². The molecule has 4 heteroatoms. The number of nitrogens with zero attached hydrogens (tertiary/aromatic N) is 3. The minimum Gasteiger partial charge on any atom is -0.324 e. The summed E-state index contributed by atoms with van der Waals surface area (Å²) in [6, 6.07) is 10.2. The van der Waals surface area contributed by atoms with Gasteiger partial charge in [-0.05, 0) is 5.56 Å². The molecule has 0 fully saturated rings. The predicted molar refractivity (Wildman–Crippen MR) is 58.1 cm³/mol. The molecule has 0 bridgehead atoms. The Labute approximate surface area is 88.8 Å². The molecule has 2 aromatic rings. The normalized spacial score (nSPS) is 10.5. The quantitative estimate of drug-likeness (QED) is 0.803. The van der Waals surface area contributed by atoms with E-state index in [4.69, 9.17) is 5.73 Å². The maximum Gasteiger partial charge on any atom is 0.155 e. The molecule has 0 saturated carbocycles. The predicted octanol–water partition coefficient (Wildman–Crippen LogP) is 0.865. The Morgan fingerprint density at radius 2 is 2.00 bits per heavy atom. The summed E-state index contributed by atoms with van der Waals surface area (Å²) in [5.41, 5.74) is 6.75. The van der Waals surface area contributed by atoms with Gasteiger partial charge in [-0.15, -0.1) is 0 Å². The van der Waals surface area contributed by atoms with Gasteiger partial charge in [-0.25, -0.2) is 4.98 Å². The summed E-state index contributed by atoms with van der Waals surface area (Å²) in [4.78, 5) is 4.35. The first-order chi connectivity index (χ1) is 7.29. The van der Waals surface area contributed by atoms with Crippen molar-refractivity contribution in [2.45, 2.75) is 13.0 Å². The SMILES string of the molecule is Cn1nc(Cc2ccccc2)nc1CN. The van der Waals surface area contributed by atoms with Gasteiger partial charge in [0, 0.05) is 13.5 Å². The lowest BCUT2D eigenvalue weighted by atomic mass is 10.1. The summed E-state index contributed by atoms with van der Waals surface area (Å²) in [6.45, 7) is 0.429. The minimum atomic E-state index is 0.429. The van der Waals surface area contributed by atoms with E-state index in [0.29, 0.717) is 6.54 Å². The molecule has 15 heavy (non-hydrogen) atoms. The molecule has 2 N–H and O–H groups in total. The van der Waals surface area contributed by atoms with Gasteiger partial charge in [0.25, 0.3) is 0 Å². The summed E-state index contributed by atoms with van der Waals surface area (Å²) in [5.74, 6) is 1.64. The summed E-state index contributed by atoms with van der Waals surface area (Å²) >= 11 is 0. The average Bonchev–Trinajstić information content (AvgIpc) is 2.60. The van der Waals surface area contributed by atoms with Crippen molar-refractivity contribution in [3.05, 3.63) is 47.5 Å². The van der Waals surface area contributed by atoms with E-state index in [1.54, 1.807) is 4.68 Å². The van der Waals surface area contributed by atoms with Crippen LogP contribution in [0.1, 0.15) is 17.2 Å². The molecule has 0 unspecified atom stereocenters. The van der Waals surface area contributed by atoms with Gasteiger partial charge in [0.2, 0.25) is 0 Å². The van der Waals surface area contributed by atoms with Gasteiger partial charge in [0.1, 0.15) is 5.82 Å². The molecule has 1 aromatic heterocycles. The molecular formula is C11H14N4. The number of rotatable bonds is 3. The second-order valence-corrected chi connectivity index (χ2v) is 3.43. The molecule has 0 aliphatic heterocycles. The van der Waals surface area contributed by atoms with Crippen LogP contribution in [0.15, 0.2) is 30.3 Å². The number of aryl methyl sites for hydroxylation is 1. The number of aromatic nitrogens is 3. The molecule has 1 aromatic carbocycles. The molecule has 0 aliphatic rings. The zero-order valence-electron chi connectivity index (χ0n) is 8.72. The molecule has 1 heterocycles. The standard InChI is InChI=1S/C11H14N4/c1-15-11(8-12)13-10(14-15)7-9-5-3-2-4-6-9/h2-6H,7-8,12H2,1H3. The topological polar surface area (TPSA) is 56.7 Å². The van der Waals surface area contributed by atoms with E-state index in [1.165, 1.54) is 5.56 Å². The van der Waals surface area contributed by atoms with Crippen LogP contribution in [-0.2, 0) is 20.0 Å². The van der Waals surface area contributed by atoms with Crippen LogP contribution >= 0.6 is 0 Å². The lowest BCUT2D eigenvalue weighted by Gasteiger charge is -1.94. The Kier molecular flexibility index (Phi) is 2.78.